The van der Waals surface area contributed by atoms with Crippen LogP contribution in [0.25, 0.3) is 0 Å². The number of primary amides is 1. The van der Waals surface area contributed by atoms with E-state index in [0.717, 1.165) is 19.4 Å². The van der Waals surface area contributed by atoms with Crippen LogP contribution in [0.15, 0.2) is 11.3 Å². The van der Waals surface area contributed by atoms with Gasteiger partial charge in [-0.2, -0.15) is 0 Å². The normalized spacial score (nSPS) is 27.8. The van der Waals surface area contributed by atoms with Crippen molar-refractivity contribution in [2.75, 3.05) is 6.54 Å². The van der Waals surface area contributed by atoms with Gasteiger partial charge in [-0.3, -0.25) is 4.79 Å². The first-order valence-electron chi connectivity index (χ1n) is 5.01. The van der Waals surface area contributed by atoms with E-state index in [-0.39, 0.29) is 11.8 Å². The molecule has 1 aliphatic carbocycles. The lowest BCUT2D eigenvalue weighted by Gasteiger charge is -2.30. The maximum atomic E-state index is 11.0. The van der Waals surface area contributed by atoms with E-state index in [9.17, 15) is 4.79 Å². The SMILES string of the molecule is NC(=O)C1CNC2=C(CCCC2)C1. The van der Waals surface area contributed by atoms with E-state index >= 15 is 0 Å². The van der Waals surface area contributed by atoms with Crippen molar-refractivity contribution in [2.24, 2.45) is 11.7 Å². The van der Waals surface area contributed by atoms with E-state index in [1.165, 1.54) is 30.5 Å². The van der Waals surface area contributed by atoms with Gasteiger partial charge in [-0.05, 0) is 32.1 Å². The molecule has 0 bridgehead atoms. The monoisotopic (exact) mass is 180 g/mol. The molecule has 1 atom stereocenters. The molecule has 0 saturated carbocycles. The number of hydrogen-bond acceptors (Lipinski definition) is 2. The molecule has 1 unspecified atom stereocenters. The highest BCUT2D eigenvalue weighted by Gasteiger charge is 2.25. The van der Waals surface area contributed by atoms with Crippen molar-refractivity contribution in [1.82, 2.24) is 5.32 Å². The molecule has 3 nitrogen and oxygen atoms in total. The van der Waals surface area contributed by atoms with Crippen molar-refractivity contribution in [1.29, 1.82) is 0 Å². The smallest absolute Gasteiger partial charge is 0.222 e. The average molecular weight is 180 g/mol. The van der Waals surface area contributed by atoms with Gasteiger partial charge in [0.25, 0.3) is 0 Å². The first kappa shape index (κ1) is 8.60. The third-order valence-electron chi connectivity index (χ3n) is 3.04. The molecule has 0 saturated heterocycles. The summed E-state index contributed by atoms with van der Waals surface area (Å²) in [7, 11) is 0. The molecule has 0 spiro atoms. The Hall–Kier alpha value is -0.990. The van der Waals surface area contributed by atoms with Gasteiger partial charge < -0.3 is 11.1 Å². The first-order valence-corrected chi connectivity index (χ1v) is 5.01. The second kappa shape index (κ2) is 3.40. The van der Waals surface area contributed by atoms with Crippen LogP contribution in [0.3, 0.4) is 0 Å². The fraction of sp³-hybridized carbons (Fsp3) is 0.700. The Kier molecular flexibility index (Phi) is 2.25. The van der Waals surface area contributed by atoms with Crippen molar-refractivity contribution < 1.29 is 4.79 Å². The number of rotatable bonds is 1. The van der Waals surface area contributed by atoms with Crippen molar-refractivity contribution in [3.8, 4) is 0 Å². The van der Waals surface area contributed by atoms with E-state index in [4.69, 9.17) is 5.73 Å². The van der Waals surface area contributed by atoms with Crippen LogP contribution >= 0.6 is 0 Å². The zero-order chi connectivity index (χ0) is 9.26. The Morgan fingerprint density at radius 3 is 2.92 bits per heavy atom. The fourth-order valence-corrected chi connectivity index (χ4v) is 2.22. The van der Waals surface area contributed by atoms with Crippen molar-refractivity contribution >= 4 is 5.91 Å². The van der Waals surface area contributed by atoms with Crippen LogP contribution in [0.2, 0.25) is 0 Å². The summed E-state index contributed by atoms with van der Waals surface area (Å²) in [6.45, 7) is 0.744. The molecule has 0 aromatic heterocycles. The highest BCUT2D eigenvalue weighted by molar-refractivity contribution is 5.77. The lowest BCUT2D eigenvalue weighted by atomic mass is 9.85. The van der Waals surface area contributed by atoms with Crippen LogP contribution in [0.4, 0.5) is 0 Å². The largest absolute Gasteiger partial charge is 0.388 e. The number of allylic oxidation sites excluding steroid dienone is 2. The molecule has 2 rings (SSSR count). The maximum Gasteiger partial charge on any atom is 0.222 e. The molecule has 3 N–H and O–H groups in total. The third-order valence-corrected chi connectivity index (χ3v) is 3.04. The van der Waals surface area contributed by atoms with Gasteiger partial charge in [-0.15, -0.1) is 0 Å². The molecule has 3 heteroatoms. The van der Waals surface area contributed by atoms with Crippen LogP contribution < -0.4 is 11.1 Å². The molecule has 2 aliphatic rings. The van der Waals surface area contributed by atoms with Crippen LogP contribution in [0.5, 0.6) is 0 Å². The molecule has 1 amide bonds. The molecule has 0 aromatic rings. The van der Waals surface area contributed by atoms with E-state index < -0.39 is 0 Å². The summed E-state index contributed by atoms with van der Waals surface area (Å²) in [6, 6.07) is 0. The molecule has 1 heterocycles. The maximum absolute atomic E-state index is 11.0. The van der Waals surface area contributed by atoms with Crippen LogP contribution in [0, 0.1) is 5.92 Å². The quantitative estimate of drug-likeness (QED) is 0.630. The van der Waals surface area contributed by atoms with Crippen LogP contribution in [-0.2, 0) is 4.79 Å². The Morgan fingerprint density at radius 1 is 1.38 bits per heavy atom. The topological polar surface area (TPSA) is 55.1 Å². The number of carbonyl (C=O) groups excluding carboxylic acids is 1. The molecular weight excluding hydrogens is 164 g/mol. The highest BCUT2D eigenvalue weighted by Crippen LogP contribution is 2.30. The van der Waals surface area contributed by atoms with Gasteiger partial charge in [0.1, 0.15) is 0 Å². The predicted octanol–water partition coefficient (Wildman–Crippen LogP) is 0.909. The van der Waals surface area contributed by atoms with Crippen molar-refractivity contribution in [3.63, 3.8) is 0 Å². The van der Waals surface area contributed by atoms with Gasteiger partial charge in [0.15, 0.2) is 0 Å². The lowest BCUT2D eigenvalue weighted by Crippen LogP contribution is -2.37. The van der Waals surface area contributed by atoms with Gasteiger partial charge in [0.05, 0.1) is 5.92 Å². The Bertz CT molecular complexity index is 258. The molecular formula is C10H16N2O. The summed E-state index contributed by atoms with van der Waals surface area (Å²) in [4.78, 5) is 11.0. The van der Waals surface area contributed by atoms with Gasteiger partial charge >= 0.3 is 0 Å². The summed E-state index contributed by atoms with van der Waals surface area (Å²) >= 11 is 0. The highest BCUT2D eigenvalue weighted by atomic mass is 16.1. The van der Waals surface area contributed by atoms with E-state index in [1.54, 1.807) is 0 Å². The second-order valence-corrected chi connectivity index (χ2v) is 3.97. The molecule has 1 aliphatic heterocycles. The van der Waals surface area contributed by atoms with Crippen molar-refractivity contribution in [3.05, 3.63) is 11.3 Å². The summed E-state index contributed by atoms with van der Waals surface area (Å²) in [6.07, 6.45) is 5.78. The van der Waals surface area contributed by atoms with Gasteiger partial charge in [-0.1, -0.05) is 5.57 Å². The second-order valence-electron chi connectivity index (χ2n) is 3.97. The fourth-order valence-electron chi connectivity index (χ4n) is 2.22. The predicted molar refractivity (Wildman–Crippen MR) is 50.8 cm³/mol. The average Bonchev–Trinajstić information content (AvgIpc) is 2.17. The van der Waals surface area contributed by atoms with Gasteiger partial charge in [0.2, 0.25) is 5.91 Å². The van der Waals surface area contributed by atoms with Crippen molar-refractivity contribution in [2.45, 2.75) is 32.1 Å². The van der Waals surface area contributed by atoms with E-state index in [2.05, 4.69) is 5.32 Å². The Morgan fingerprint density at radius 2 is 2.15 bits per heavy atom. The van der Waals surface area contributed by atoms with Gasteiger partial charge in [0, 0.05) is 12.2 Å². The summed E-state index contributed by atoms with van der Waals surface area (Å²) in [5.41, 5.74) is 8.13. The zero-order valence-electron chi connectivity index (χ0n) is 7.81. The summed E-state index contributed by atoms with van der Waals surface area (Å²) < 4.78 is 0. The van der Waals surface area contributed by atoms with E-state index in [1.807, 2.05) is 0 Å². The summed E-state index contributed by atoms with van der Waals surface area (Å²) in [5, 5.41) is 3.33. The van der Waals surface area contributed by atoms with Crippen LogP contribution in [-0.4, -0.2) is 12.5 Å². The number of amides is 1. The minimum atomic E-state index is -0.162. The molecule has 0 aromatic carbocycles. The number of nitrogens with two attached hydrogens (primary N) is 1. The number of hydrogen-bond donors (Lipinski definition) is 2. The summed E-state index contributed by atoms with van der Waals surface area (Å²) in [5.74, 6) is -0.138. The minimum Gasteiger partial charge on any atom is -0.388 e. The molecule has 13 heavy (non-hydrogen) atoms. The van der Waals surface area contributed by atoms with E-state index in [0.29, 0.717) is 0 Å². The number of nitrogens with one attached hydrogen (secondary N) is 1. The molecule has 72 valence electrons. The number of carbonyl (C=O) groups is 1. The first-order chi connectivity index (χ1) is 6.27. The third kappa shape index (κ3) is 1.69. The minimum absolute atomic E-state index is 0.0249. The lowest BCUT2D eigenvalue weighted by molar-refractivity contribution is -0.121. The Balaban J connectivity index is 2.09. The zero-order valence-corrected chi connectivity index (χ0v) is 7.81. The Labute approximate surface area is 78.4 Å². The molecule has 0 fully saturated rings. The van der Waals surface area contributed by atoms with Crippen LogP contribution in [0.1, 0.15) is 32.1 Å². The van der Waals surface area contributed by atoms with Gasteiger partial charge in [-0.25, -0.2) is 0 Å². The molecule has 0 radical (unpaired) electrons. The standard InChI is InChI=1S/C10H16N2O/c11-10(13)8-5-7-3-1-2-4-9(7)12-6-8/h8,12H,1-6H2,(H2,11,13).